The summed E-state index contributed by atoms with van der Waals surface area (Å²) in [7, 11) is 4.24. The minimum absolute atomic E-state index is 0.112. The minimum Gasteiger partial charge on any atom is -0.497 e. The van der Waals surface area contributed by atoms with E-state index in [1.165, 1.54) is 30.9 Å². The number of methoxy groups -OCH3 is 3. The molecule has 62 heavy (non-hydrogen) atoms. The molecule has 1 aliphatic carbocycles. The maximum absolute atomic E-state index is 13.7. The Labute approximate surface area is 360 Å². The quantitative estimate of drug-likeness (QED) is 0.0952. The smallest absolute Gasteiger partial charge is 0.407 e. The van der Waals surface area contributed by atoms with Crippen LogP contribution in [-0.4, -0.2) is 101 Å². The molecule has 15 heteroatoms. The maximum Gasteiger partial charge on any atom is 0.407 e. The summed E-state index contributed by atoms with van der Waals surface area (Å²) in [4.78, 5) is 70.1. The van der Waals surface area contributed by atoms with Crippen molar-refractivity contribution in [2.75, 3.05) is 41.0 Å². The summed E-state index contributed by atoms with van der Waals surface area (Å²) in [5.74, 6) is 2.62. The highest BCUT2D eigenvalue weighted by molar-refractivity contribution is 5.86. The van der Waals surface area contributed by atoms with Crippen LogP contribution in [-0.2, 0) is 19.1 Å². The third-order valence-electron chi connectivity index (χ3n) is 12.6. The van der Waals surface area contributed by atoms with Crippen LogP contribution in [0.1, 0.15) is 97.7 Å². The van der Waals surface area contributed by atoms with Crippen molar-refractivity contribution in [2.24, 2.45) is 5.92 Å². The standard InChI is InChI=1S/C47H54N8O7/c1-27(2)42(53-47(59)62-5)45(57)55-23-7-9-37(55)44-49-25-35(52-44)29-12-16-31(17-13-29)40-39(41(40)32-18-20-33(60-3)21-19-32)30-14-10-28(11-15-30)34-24-48-43(51-34)36-8-6-22-54(36)38(56)26-50-46(58)61-4/h10-21,24-25,27,36-37,39-42H,6-9,22-23,26H2,1-5H3,(H,48,51)(H,49,52)(H,50,58)(H,53,59)/t36-,37?,39?,40?,41?,42?/m0/s1. The lowest BCUT2D eigenvalue weighted by molar-refractivity contribution is -0.135. The number of hydrogen-bond acceptors (Lipinski definition) is 9. The van der Waals surface area contributed by atoms with Gasteiger partial charge < -0.3 is 44.6 Å². The predicted octanol–water partition coefficient (Wildman–Crippen LogP) is 7.20. The monoisotopic (exact) mass is 842 g/mol. The molecule has 0 spiro atoms. The zero-order valence-corrected chi connectivity index (χ0v) is 35.7. The van der Waals surface area contributed by atoms with Crippen molar-refractivity contribution in [2.45, 2.75) is 75.4 Å². The lowest BCUT2D eigenvalue weighted by atomic mass is 10.0. The second-order valence-electron chi connectivity index (χ2n) is 16.6. The Balaban J connectivity index is 0.979. The summed E-state index contributed by atoms with van der Waals surface area (Å²) in [6, 6.07) is 24.6. The predicted molar refractivity (Wildman–Crippen MR) is 231 cm³/mol. The molecule has 3 aliphatic rings. The van der Waals surface area contributed by atoms with Crippen LogP contribution in [0.25, 0.3) is 22.5 Å². The summed E-state index contributed by atoms with van der Waals surface area (Å²) in [6.45, 7) is 4.88. The molecule has 2 saturated heterocycles. The van der Waals surface area contributed by atoms with E-state index < -0.39 is 18.2 Å². The number of carbonyl (C=O) groups excluding carboxylic acids is 4. The van der Waals surface area contributed by atoms with Gasteiger partial charge in [0.2, 0.25) is 11.8 Å². The molecule has 1 saturated carbocycles. The topological polar surface area (TPSA) is 184 Å². The van der Waals surface area contributed by atoms with E-state index in [2.05, 4.69) is 91.0 Å². The van der Waals surface area contributed by atoms with Gasteiger partial charge in [0.25, 0.3) is 0 Å². The fourth-order valence-electron chi connectivity index (χ4n) is 9.32. The molecule has 3 aromatic carbocycles. The molecule has 2 aliphatic heterocycles. The number of nitrogens with zero attached hydrogens (tertiary/aromatic N) is 4. The van der Waals surface area contributed by atoms with Crippen LogP contribution in [0, 0.1) is 5.92 Å². The van der Waals surface area contributed by atoms with Crippen molar-refractivity contribution in [1.29, 1.82) is 0 Å². The van der Waals surface area contributed by atoms with Crippen molar-refractivity contribution in [3.8, 4) is 28.3 Å². The Hall–Kier alpha value is -6.64. The van der Waals surface area contributed by atoms with Crippen LogP contribution in [0.3, 0.4) is 0 Å². The summed E-state index contributed by atoms with van der Waals surface area (Å²) >= 11 is 0. The van der Waals surface area contributed by atoms with Gasteiger partial charge in [-0.05, 0) is 89.3 Å². The van der Waals surface area contributed by atoms with Crippen LogP contribution in [0.15, 0.2) is 85.2 Å². The van der Waals surface area contributed by atoms with E-state index in [0.29, 0.717) is 13.1 Å². The van der Waals surface area contributed by atoms with Crippen LogP contribution < -0.4 is 15.4 Å². The Bertz CT molecular complexity index is 2380. The van der Waals surface area contributed by atoms with E-state index in [9.17, 15) is 19.2 Å². The van der Waals surface area contributed by atoms with E-state index in [-0.39, 0.29) is 54.1 Å². The number of amides is 4. The highest BCUT2D eigenvalue weighted by Gasteiger charge is 2.52. The Kier molecular flexibility index (Phi) is 12.3. The van der Waals surface area contributed by atoms with Crippen LogP contribution in [0.4, 0.5) is 9.59 Å². The van der Waals surface area contributed by atoms with Gasteiger partial charge in [0.1, 0.15) is 30.0 Å². The molecule has 5 aromatic rings. The molecule has 15 nitrogen and oxygen atoms in total. The number of aromatic amines is 2. The van der Waals surface area contributed by atoms with Crippen molar-refractivity contribution < 1.29 is 33.4 Å². The SMILES string of the molecule is COC(=O)NCC(=O)N1CCC[C@H]1c1ncc(-c2ccc(C3C(c4ccc(OC)cc4)C3c3ccc(-c4cnc(C5CCCN5C(=O)C(NC(=O)OC)C(C)C)[nH]4)cc3)cc2)[nH]1. The number of likely N-dealkylation sites (tertiary alicyclic amines) is 2. The second kappa shape index (κ2) is 18.1. The van der Waals surface area contributed by atoms with Crippen LogP contribution in [0.2, 0.25) is 0 Å². The van der Waals surface area contributed by atoms with Gasteiger partial charge >= 0.3 is 12.2 Å². The lowest BCUT2D eigenvalue weighted by Gasteiger charge is -2.30. The van der Waals surface area contributed by atoms with Gasteiger partial charge in [-0.15, -0.1) is 0 Å². The number of benzene rings is 3. The second-order valence-corrected chi connectivity index (χ2v) is 16.6. The molecule has 324 valence electrons. The molecule has 0 bridgehead atoms. The normalized spacial score (nSPS) is 21.1. The highest BCUT2D eigenvalue weighted by Crippen LogP contribution is 2.66. The fourth-order valence-corrected chi connectivity index (χ4v) is 9.32. The number of imidazole rings is 2. The van der Waals surface area contributed by atoms with E-state index in [0.717, 1.165) is 65.6 Å². The number of alkyl carbamates (subject to hydrolysis) is 2. The van der Waals surface area contributed by atoms with Crippen molar-refractivity contribution >= 4 is 24.0 Å². The zero-order chi connectivity index (χ0) is 43.5. The van der Waals surface area contributed by atoms with Gasteiger partial charge in [-0.25, -0.2) is 19.6 Å². The largest absolute Gasteiger partial charge is 0.497 e. The Morgan fingerprint density at radius 2 is 1.15 bits per heavy atom. The third-order valence-corrected chi connectivity index (χ3v) is 12.6. The van der Waals surface area contributed by atoms with E-state index >= 15 is 0 Å². The Morgan fingerprint density at radius 1 is 0.677 bits per heavy atom. The molecule has 4 amide bonds. The van der Waals surface area contributed by atoms with Gasteiger partial charge in [0.05, 0.1) is 57.2 Å². The van der Waals surface area contributed by atoms with Gasteiger partial charge in [0, 0.05) is 13.1 Å². The first-order valence-corrected chi connectivity index (χ1v) is 21.3. The van der Waals surface area contributed by atoms with Gasteiger partial charge in [-0.2, -0.15) is 0 Å². The molecular formula is C47H54N8O7. The van der Waals surface area contributed by atoms with Gasteiger partial charge in [-0.3, -0.25) is 9.59 Å². The van der Waals surface area contributed by atoms with Crippen molar-refractivity contribution in [1.82, 2.24) is 40.4 Å². The number of nitrogens with one attached hydrogen (secondary N) is 4. The number of hydrogen-bond donors (Lipinski definition) is 4. The number of rotatable bonds is 13. The highest BCUT2D eigenvalue weighted by atomic mass is 16.5. The molecule has 6 atom stereocenters. The molecule has 4 N–H and O–H groups in total. The molecule has 2 aromatic heterocycles. The number of H-pyrrole nitrogens is 2. The number of ether oxygens (including phenoxy) is 3. The van der Waals surface area contributed by atoms with Gasteiger partial charge in [0.15, 0.2) is 0 Å². The summed E-state index contributed by atoms with van der Waals surface area (Å²) in [5.41, 5.74) is 7.48. The average molecular weight is 843 g/mol. The molecule has 0 radical (unpaired) electrons. The zero-order valence-electron chi connectivity index (χ0n) is 35.7. The number of aromatic nitrogens is 4. The first-order valence-electron chi connectivity index (χ1n) is 21.3. The molecule has 8 rings (SSSR count). The Morgan fingerprint density at radius 3 is 1.61 bits per heavy atom. The molecule has 5 unspecified atom stereocenters. The van der Waals surface area contributed by atoms with E-state index in [1.54, 1.807) is 12.0 Å². The van der Waals surface area contributed by atoms with Gasteiger partial charge in [-0.1, -0.05) is 74.5 Å². The number of carbonyl (C=O) groups is 4. The maximum atomic E-state index is 13.7. The summed E-state index contributed by atoms with van der Waals surface area (Å²) < 4.78 is 14.9. The lowest BCUT2D eigenvalue weighted by Crippen LogP contribution is -2.51. The molecular weight excluding hydrogens is 789 g/mol. The fraction of sp³-hybridized carbons (Fsp3) is 0.404. The van der Waals surface area contributed by atoms with Crippen LogP contribution in [0.5, 0.6) is 5.75 Å². The van der Waals surface area contributed by atoms with Crippen LogP contribution >= 0.6 is 0 Å². The third kappa shape index (κ3) is 8.61. The summed E-state index contributed by atoms with van der Waals surface area (Å²) in [6.07, 6.45) is 5.65. The molecule has 3 fully saturated rings. The minimum atomic E-state index is -0.695. The molecule has 4 heterocycles. The summed E-state index contributed by atoms with van der Waals surface area (Å²) in [5, 5.41) is 5.20. The van der Waals surface area contributed by atoms with Crippen molar-refractivity contribution in [3.05, 3.63) is 114 Å². The van der Waals surface area contributed by atoms with Crippen molar-refractivity contribution in [3.63, 3.8) is 0 Å². The first-order chi connectivity index (χ1) is 30.1. The van der Waals surface area contributed by atoms with E-state index in [1.807, 2.05) is 43.3 Å². The van der Waals surface area contributed by atoms with E-state index in [4.69, 9.17) is 14.5 Å². The first kappa shape index (κ1) is 42.1. The average Bonchev–Trinajstić information content (AvgIpc) is 3.93.